The minimum absolute atomic E-state index is 0.0241. The van der Waals surface area contributed by atoms with Gasteiger partial charge in [-0.1, -0.05) is 42.5 Å². The lowest BCUT2D eigenvalue weighted by molar-refractivity contribution is -0.150. The van der Waals surface area contributed by atoms with Crippen LogP contribution in [0.2, 0.25) is 0 Å². The highest BCUT2D eigenvalue weighted by atomic mass is 16.5. The van der Waals surface area contributed by atoms with Crippen LogP contribution in [0.25, 0.3) is 0 Å². The number of benzene rings is 1. The molecule has 158 valence electrons. The zero-order valence-electron chi connectivity index (χ0n) is 16.8. The largest absolute Gasteiger partial charge is 0.456 e. The van der Waals surface area contributed by atoms with E-state index in [4.69, 9.17) is 9.84 Å². The Balaban J connectivity index is 2.10. The second-order valence-corrected chi connectivity index (χ2v) is 7.29. The first-order valence-corrected chi connectivity index (χ1v) is 10.1. The summed E-state index contributed by atoms with van der Waals surface area (Å²) >= 11 is 0. The van der Waals surface area contributed by atoms with Crippen molar-refractivity contribution < 1.29 is 24.2 Å². The van der Waals surface area contributed by atoms with Crippen LogP contribution in [0.1, 0.15) is 50.7 Å². The minimum atomic E-state index is -0.578. The van der Waals surface area contributed by atoms with Gasteiger partial charge in [0, 0.05) is 18.9 Å². The molecule has 2 amide bonds. The molecule has 0 unspecified atom stereocenters. The summed E-state index contributed by atoms with van der Waals surface area (Å²) in [5.74, 6) is -1.38. The third kappa shape index (κ3) is 8.07. The smallest absolute Gasteiger partial charge is 0.306 e. The Morgan fingerprint density at radius 1 is 1.28 bits per heavy atom. The molecule has 3 N–H and O–H groups in total. The highest BCUT2D eigenvalue weighted by Gasteiger charge is 2.24. The molecule has 0 aliphatic carbocycles. The monoisotopic (exact) mass is 402 g/mol. The number of carbonyl (C=O) groups excluding carboxylic acids is 3. The third-order valence-corrected chi connectivity index (χ3v) is 4.73. The summed E-state index contributed by atoms with van der Waals surface area (Å²) in [6, 6.07) is 8.92. The molecule has 0 fully saturated rings. The van der Waals surface area contributed by atoms with Crippen molar-refractivity contribution in [2.24, 2.45) is 5.92 Å². The lowest BCUT2D eigenvalue weighted by atomic mass is 9.98. The van der Waals surface area contributed by atoms with Crippen LogP contribution < -0.4 is 10.6 Å². The summed E-state index contributed by atoms with van der Waals surface area (Å²) in [4.78, 5) is 37.1. The molecular weight excluding hydrogens is 372 g/mol. The number of nitrogens with one attached hydrogen (secondary N) is 2. The van der Waals surface area contributed by atoms with Gasteiger partial charge < -0.3 is 20.5 Å². The average Bonchev–Trinajstić information content (AvgIpc) is 2.73. The normalized spacial score (nSPS) is 22.3. The first kappa shape index (κ1) is 22.6. The summed E-state index contributed by atoms with van der Waals surface area (Å²) in [5.41, 5.74) is 0.806. The van der Waals surface area contributed by atoms with Crippen molar-refractivity contribution in [1.82, 2.24) is 10.6 Å². The van der Waals surface area contributed by atoms with Crippen molar-refractivity contribution in [3.63, 3.8) is 0 Å². The molecule has 1 aliphatic heterocycles. The standard InChI is InChI=1S/C22H30N2O5/c1-16(15-25)24-20(26)13-18-11-5-2-3-8-12-21(27)29-19(14-23-22(18)28)17-9-6-4-7-10-17/h2,4-7,9-10,16,18-19,25H,3,8,11-15H2,1H3,(H,23,28)(H,24,26)/t16-,18+,19+/m0/s1. The van der Waals surface area contributed by atoms with Crippen LogP contribution in [-0.4, -0.2) is 42.1 Å². The molecule has 0 bridgehead atoms. The molecular formula is C22H30N2O5. The molecule has 2 rings (SSSR count). The number of allylic oxidation sites excluding steroid dienone is 2. The van der Waals surface area contributed by atoms with Gasteiger partial charge >= 0.3 is 5.97 Å². The fraction of sp³-hybridized carbons (Fsp3) is 0.500. The predicted molar refractivity (Wildman–Crippen MR) is 109 cm³/mol. The molecule has 0 saturated carbocycles. The van der Waals surface area contributed by atoms with Gasteiger partial charge in [-0.15, -0.1) is 0 Å². The summed E-state index contributed by atoms with van der Waals surface area (Å²) in [5, 5.41) is 14.6. The maximum absolute atomic E-state index is 12.8. The molecule has 1 aromatic rings. The zero-order valence-corrected chi connectivity index (χ0v) is 16.8. The van der Waals surface area contributed by atoms with E-state index < -0.39 is 12.0 Å². The first-order chi connectivity index (χ1) is 14.0. The zero-order chi connectivity index (χ0) is 21.1. The number of hydrogen-bond acceptors (Lipinski definition) is 5. The maximum atomic E-state index is 12.8. The van der Waals surface area contributed by atoms with Crippen molar-refractivity contribution in [2.45, 2.75) is 51.2 Å². The highest BCUT2D eigenvalue weighted by Crippen LogP contribution is 2.19. The van der Waals surface area contributed by atoms with Crippen LogP contribution in [0.5, 0.6) is 0 Å². The Kier molecular flexibility index (Phi) is 9.37. The number of esters is 1. The van der Waals surface area contributed by atoms with Crippen LogP contribution in [0.15, 0.2) is 42.5 Å². The molecule has 0 radical (unpaired) electrons. The summed E-state index contributed by atoms with van der Waals surface area (Å²) < 4.78 is 5.60. The number of rotatable bonds is 5. The van der Waals surface area contributed by atoms with E-state index >= 15 is 0 Å². The van der Waals surface area contributed by atoms with Gasteiger partial charge in [-0.05, 0) is 31.7 Å². The lowest BCUT2D eigenvalue weighted by Crippen LogP contribution is -2.40. The number of aliphatic hydroxyl groups is 1. The molecule has 1 heterocycles. The topological polar surface area (TPSA) is 105 Å². The minimum Gasteiger partial charge on any atom is -0.456 e. The fourth-order valence-electron chi connectivity index (χ4n) is 3.08. The van der Waals surface area contributed by atoms with Gasteiger partial charge in [0.1, 0.15) is 6.10 Å². The van der Waals surface area contributed by atoms with Gasteiger partial charge in [-0.3, -0.25) is 14.4 Å². The Morgan fingerprint density at radius 2 is 2.03 bits per heavy atom. The van der Waals surface area contributed by atoms with E-state index in [2.05, 4.69) is 10.6 Å². The number of hydrogen-bond donors (Lipinski definition) is 3. The molecule has 7 nitrogen and oxygen atoms in total. The summed E-state index contributed by atoms with van der Waals surface area (Å²) in [6.45, 7) is 1.68. The average molecular weight is 402 g/mol. The van der Waals surface area contributed by atoms with Crippen LogP contribution in [0.4, 0.5) is 0 Å². The van der Waals surface area contributed by atoms with Crippen LogP contribution in [-0.2, 0) is 19.1 Å². The SMILES string of the molecule is C[C@@H](CO)NC(=O)C[C@H]1CC=CCCCC(=O)O[C@@H](c2ccccc2)CNC1=O. The molecule has 0 spiro atoms. The molecule has 1 aromatic carbocycles. The van der Waals surface area contributed by atoms with Gasteiger partial charge in [0.05, 0.1) is 19.1 Å². The van der Waals surface area contributed by atoms with E-state index in [-0.39, 0.29) is 43.4 Å². The predicted octanol–water partition coefficient (Wildman–Crippen LogP) is 2.02. The number of carbonyl (C=O) groups is 3. The van der Waals surface area contributed by atoms with Crippen molar-refractivity contribution in [2.75, 3.05) is 13.2 Å². The Morgan fingerprint density at radius 3 is 2.76 bits per heavy atom. The fourth-order valence-corrected chi connectivity index (χ4v) is 3.08. The Hall–Kier alpha value is -2.67. The van der Waals surface area contributed by atoms with Gasteiger partial charge in [-0.25, -0.2) is 0 Å². The van der Waals surface area contributed by atoms with Gasteiger partial charge in [0.15, 0.2) is 0 Å². The second kappa shape index (κ2) is 12.0. The molecule has 3 atom stereocenters. The van der Waals surface area contributed by atoms with Gasteiger partial charge in [0.2, 0.25) is 11.8 Å². The summed E-state index contributed by atoms with van der Waals surface area (Å²) in [7, 11) is 0. The lowest BCUT2D eigenvalue weighted by Gasteiger charge is -2.21. The van der Waals surface area contributed by atoms with Crippen molar-refractivity contribution in [3.8, 4) is 0 Å². The number of amides is 2. The molecule has 29 heavy (non-hydrogen) atoms. The van der Waals surface area contributed by atoms with E-state index in [0.29, 0.717) is 25.7 Å². The van der Waals surface area contributed by atoms with Crippen LogP contribution in [0, 0.1) is 5.92 Å². The molecule has 7 heteroatoms. The van der Waals surface area contributed by atoms with Crippen LogP contribution in [0.3, 0.4) is 0 Å². The second-order valence-electron chi connectivity index (χ2n) is 7.29. The highest BCUT2D eigenvalue weighted by molar-refractivity contribution is 5.86. The molecule has 0 saturated heterocycles. The summed E-state index contributed by atoms with van der Waals surface area (Å²) in [6.07, 6.45) is 5.36. The van der Waals surface area contributed by atoms with E-state index in [1.165, 1.54) is 0 Å². The molecule has 1 aliphatic rings. The Labute approximate surface area is 171 Å². The number of cyclic esters (lactones) is 1. The Bertz CT molecular complexity index is 704. The van der Waals surface area contributed by atoms with Crippen LogP contribution >= 0.6 is 0 Å². The van der Waals surface area contributed by atoms with E-state index in [9.17, 15) is 14.4 Å². The van der Waals surface area contributed by atoms with Crippen molar-refractivity contribution >= 4 is 17.8 Å². The first-order valence-electron chi connectivity index (χ1n) is 10.1. The van der Waals surface area contributed by atoms with Gasteiger partial charge in [0.25, 0.3) is 0 Å². The maximum Gasteiger partial charge on any atom is 0.306 e. The third-order valence-electron chi connectivity index (χ3n) is 4.73. The van der Waals surface area contributed by atoms with Crippen molar-refractivity contribution in [1.29, 1.82) is 0 Å². The van der Waals surface area contributed by atoms with E-state index in [1.807, 2.05) is 42.5 Å². The quantitative estimate of drug-likeness (QED) is 0.516. The number of ether oxygens (including phenoxy) is 1. The van der Waals surface area contributed by atoms with E-state index in [0.717, 1.165) is 5.56 Å². The van der Waals surface area contributed by atoms with Crippen molar-refractivity contribution in [3.05, 3.63) is 48.0 Å². The van der Waals surface area contributed by atoms with Gasteiger partial charge in [-0.2, -0.15) is 0 Å². The molecule has 0 aromatic heterocycles. The van der Waals surface area contributed by atoms with E-state index in [1.54, 1.807) is 6.92 Å². The number of aliphatic hydroxyl groups excluding tert-OH is 1.